The number of hydrogen-bond acceptors (Lipinski definition) is 5. The maximum Gasteiger partial charge on any atom is 0.317 e. The zero-order chi connectivity index (χ0) is 21.5. The summed E-state index contributed by atoms with van der Waals surface area (Å²) in [5.74, 6) is 2.16. The predicted molar refractivity (Wildman–Crippen MR) is 118 cm³/mol. The summed E-state index contributed by atoms with van der Waals surface area (Å²) >= 11 is 0. The molecule has 1 aromatic carbocycles. The van der Waals surface area contributed by atoms with Gasteiger partial charge in [-0.1, -0.05) is 47.8 Å². The van der Waals surface area contributed by atoms with Crippen molar-refractivity contribution < 1.29 is 14.1 Å². The monoisotopic (exact) mass is 426 g/mol. The highest BCUT2D eigenvalue weighted by Crippen LogP contribution is 2.26. The van der Waals surface area contributed by atoms with Crippen molar-refractivity contribution >= 4 is 6.03 Å². The highest BCUT2D eigenvalue weighted by molar-refractivity contribution is 5.74. The van der Waals surface area contributed by atoms with Crippen LogP contribution in [0.4, 0.5) is 4.79 Å². The van der Waals surface area contributed by atoms with E-state index in [9.17, 15) is 4.79 Å². The first-order chi connectivity index (χ1) is 15.2. The second-order valence-electron chi connectivity index (χ2n) is 8.95. The highest BCUT2D eigenvalue weighted by Gasteiger charge is 2.28. The minimum absolute atomic E-state index is 0.0367. The van der Waals surface area contributed by atoms with E-state index in [1.807, 2.05) is 17.0 Å². The van der Waals surface area contributed by atoms with Crippen molar-refractivity contribution in [3.63, 3.8) is 0 Å². The predicted octanol–water partition coefficient (Wildman–Crippen LogP) is 4.22. The molecule has 1 aliphatic heterocycles. The molecule has 2 aromatic rings. The van der Waals surface area contributed by atoms with Crippen LogP contribution in [-0.4, -0.2) is 47.4 Å². The number of nitrogens with zero attached hydrogens (tertiary/aromatic N) is 3. The fourth-order valence-corrected chi connectivity index (χ4v) is 4.48. The number of aromatic nitrogens is 2. The number of ether oxygens (including phenoxy) is 1. The van der Waals surface area contributed by atoms with Gasteiger partial charge in [-0.05, 0) is 44.1 Å². The van der Waals surface area contributed by atoms with Gasteiger partial charge in [-0.25, -0.2) is 4.79 Å². The molecule has 31 heavy (non-hydrogen) atoms. The summed E-state index contributed by atoms with van der Waals surface area (Å²) in [4.78, 5) is 19.1. The molecule has 0 spiro atoms. The number of carbonyl (C=O) groups excluding carboxylic acids is 1. The number of benzene rings is 1. The molecule has 7 nitrogen and oxygen atoms in total. The Bertz CT molecular complexity index is 830. The van der Waals surface area contributed by atoms with Gasteiger partial charge in [0.05, 0.1) is 12.5 Å². The molecule has 1 N–H and O–H groups in total. The van der Waals surface area contributed by atoms with Gasteiger partial charge in [0.15, 0.2) is 5.82 Å². The number of urea groups is 1. The standard InChI is InChI=1S/C24H34N4O3/c1-18-8-10-19(11-9-18)15-25-24(29)28-13-4-7-21(16-28)23-26-22(27-31-23)12-14-30-17-20-5-2-3-6-20/h8-11,20-21H,2-7,12-17H2,1H3,(H,25,29). The SMILES string of the molecule is Cc1ccc(CNC(=O)N2CCCC(c3nc(CCOCC4CCCC4)no3)C2)cc1. The smallest absolute Gasteiger partial charge is 0.317 e. The number of rotatable bonds is 8. The normalized spacial score (nSPS) is 19.6. The summed E-state index contributed by atoms with van der Waals surface area (Å²) in [6, 6.07) is 8.18. The van der Waals surface area contributed by atoms with Crippen LogP contribution >= 0.6 is 0 Å². The van der Waals surface area contributed by atoms with E-state index in [0.717, 1.165) is 37.5 Å². The molecule has 1 saturated heterocycles. The van der Waals surface area contributed by atoms with Crippen LogP contribution in [0.5, 0.6) is 0 Å². The molecule has 1 saturated carbocycles. The molecule has 0 radical (unpaired) electrons. The molecule has 168 valence electrons. The van der Waals surface area contributed by atoms with Crippen LogP contribution in [0.2, 0.25) is 0 Å². The molecule has 1 aliphatic carbocycles. The first kappa shape index (κ1) is 21.8. The van der Waals surface area contributed by atoms with Gasteiger partial charge in [-0.2, -0.15) is 4.98 Å². The third kappa shape index (κ3) is 6.29. The van der Waals surface area contributed by atoms with Gasteiger partial charge in [0.2, 0.25) is 5.89 Å². The van der Waals surface area contributed by atoms with E-state index in [1.165, 1.54) is 31.2 Å². The Hall–Kier alpha value is -2.41. The van der Waals surface area contributed by atoms with Crippen molar-refractivity contribution in [3.05, 3.63) is 47.1 Å². The van der Waals surface area contributed by atoms with Crippen LogP contribution < -0.4 is 5.32 Å². The van der Waals surface area contributed by atoms with Crippen LogP contribution in [-0.2, 0) is 17.7 Å². The summed E-state index contributed by atoms with van der Waals surface area (Å²) in [5, 5.41) is 7.16. The molecular formula is C24H34N4O3. The number of carbonyl (C=O) groups is 1. The van der Waals surface area contributed by atoms with E-state index in [-0.39, 0.29) is 11.9 Å². The van der Waals surface area contributed by atoms with Gasteiger partial charge < -0.3 is 19.5 Å². The number of piperidine rings is 1. The second kappa shape index (κ2) is 10.8. The first-order valence-corrected chi connectivity index (χ1v) is 11.7. The van der Waals surface area contributed by atoms with Gasteiger partial charge in [0.25, 0.3) is 0 Å². The molecule has 4 rings (SSSR count). The lowest BCUT2D eigenvalue weighted by molar-refractivity contribution is 0.102. The Kier molecular flexibility index (Phi) is 7.57. The summed E-state index contributed by atoms with van der Waals surface area (Å²) in [5.41, 5.74) is 2.32. The summed E-state index contributed by atoms with van der Waals surface area (Å²) in [6.07, 6.45) is 7.83. The van der Waals surface area contributed by atoms with Crippen molar-refractivity contribution in [2.24, 2.45) is 5.92 Å². The fourth-order valence-electron chi connectivity index (χ4n) is 4.48. The molecule has 2 aliphatic rings. The molecule has 2 fully saturated rings. The molecule has 7 heteroatoms. The van der Waals surface area contributed by atoms with E-state index in [2.05, 4.69) is 34.5 Å². The fraction of sp³-hybridized carbons (Fsp3) is 0.625. The van der Waals surface area contributed by atoms with Crippen molar-refractivity contribution in [1.82, 2.24) is 20.4 Å². The number of likely N-dealkylation sites (tertiary alicyclic amines) is 1. The van der Waals surface area contributed by atoms with Crippen molar-refractivity contribution in [2.75, 3.05) is 26.3 Å². The Morgan fingerprint density at radius 3 is 2.81 bits per heavy atom. The van der Waals surface area contributed by atoms with Gasteiger partial charge in [0.1, 0.15) is 0 Å². The molecule has 2 heterocycles. The molecule has 0 bridgehead atoms. The van der Waals surface area contributed by atoms with Crippen LogP contribution in [0.1, 0.15) is 67.3 Å². The van der Waals surface area contributed by atoms with Crippen LogP contribution in [0.3, 0.4) is 0 Å². The van der Waals surface area contributed by atoms with Crippen molar-refractivity contribution in [1.29, 1.82) is 0 Å². The maximum absolute atomic E-state index is 12.6. The summed E-state index contributed by atoms with van der Waals surface area (Å²) < 4.78 is 11.3. The third-order valence-electron chi connectivity index (χ3n) is 6.40. The lowest BCUT2D eigenvalue weighted by Gasteiger charge is -2.31. The summed E-state index contributed by atoms with van der Waals surface area (Å²) in [6.45, 7) is 5.44. The number of nitrogens with one attached hydrogen (secondary N) is 1. The van der Waals surface area contributed by atoms with Crippen molar-refractivity contribution in [3.8, 4) is 0 Å². The van der Waals surface area contributed by atoms with Crippen LogP contribution in [0.15, 0.2) is 28.8 Å². The first-order valence-electron chi connectivity index (χ1n) is 11.7. The number of aryl methyl sites for hydroxylation is 1. The van der Waals surface area contributed by atoms with Crippen molar-refractivity contribution in [2.45, 2.75) is 64.3 Å². The Morgan fingerprint density at radius 2 is 2.00 bits per heavy atom. The van der Waals surface area contributed by atoms with Crippen LogP contribution in [0.25, 0.3) is 0 Å². The third-order valence-corrected chi connectivity index (χ3v) is 6.40. The summed E-state index contributed by atoms with van der Waals surface area (Å²) in [7, 11) is 0. The average molecular weight is 427 g/mol. The minimum atomic E-state index is -0.0367. The Balaban J connectivity index is 1.21. The molecule has 2 amide bonds. The van der Waals surface area contributed by atoms with Gasteiger partial charge in [-0.15, -0.1) is 0 Å². The zero-order valence-electron chi connectivity index (χ0n) is 18.5. The second-order valence-corrected chi connectivity index (χ2v) is 8.95. The number of amides is 2. The maximum atomic E-state index is 12.6. The minimum Gasteiger partial charge on any atom is -0.381 e. The molecule has 1 atom stereocenters. The quantitative estimate of drug-likeness (QED) is 0.640. The van der Waals surface area contributed by atoms with Gasteiger partial charge >= 0.3 is 6.03 Å². The molecule has 1 aromatic heterocycles. The Morgan fingerprint density at radius 1 is 1.19 bits per heavy atom. The number of hydrogen-bond donors (Lipinski definition) is 1. The largest absolute Gasteiger partial charge is 0.381 e. The lowest BCUT2D eigenvalue weighted by Crippen LogP contribution is -2.44. The molecular weight excluding hydrogens is 392 g/mol. The van der Waals surface area contributed by atoms with Gasteiger partial charge in [-0.3, -0.25) is 0 Å². The topological polar surface area (TPSA) is 80.5 Å². The zero-order valence-corrected chi connectivity index (χ0v) is 18.5. The van der Waals surface area contributed by atoms with Crippen LogP contribution in [0, 0.1) is 12.8 Å². The van der Waals surface area contributed by atoms with E-state index >= 15 is 0 Å². The molecule has 1 unspecified atom stereocenters. The van der Waals surface area contributed by atoms with Gasteiger partial charge in [0, 0.05) is 32.7 Å². The Labute approximate surface area is 184 Å². The highest BCUT2D eigenvalue weighted by atomic mass is 16.5. The van der Waals surface area contributed by atoms with E-state index in [1.54, 1.807) is 0 Å². The van der Waals surface area contributed by atoms with E-state index in [4.69, 9.17) is 9.26 Å². The van der Waals surface area contributed by atoms with E-state index < -0.39 is 0 Å². The van der Waals surface area contributed by atoms with E-state index in [0.29, 0.717) is 37.8 Å². The average Bonchev–Trinajstić information content (AvgIpc) is 3.48. The lowest BCUT2D eigenvalue weighted by atomic mass is 9.98.